The van der Waals surface area contributed by atoms with E-state index in [9.17, 15) is 4.79 Å². The van der Waals surface area contributed by atoms with E-state index in [0.717, 1.165) is 15.0 Å². The predicted molar refractivity (Wildman–Crippen MR) is 66.3 cm³/mol. The van der Waals surface area contributed by atoms with Crippen molar-refractivity contribution in [2.24, 2.45) is 5.73 Å². The van der Waals surface area contributed by atoms with E-state index >= 15 is 0 Å². The number of nitrogens with one attached hydrogen (secondary N) is 1. The van der Waals surface area contributed by atoms with Crippen LogP contribution in [0, 0.1) is 0 Å². The molecule has 0 saturated carbocycles. The minimum atomic E-state index is -0.642. The van der Waals surface area contributed by atoms with Crippen molar-refractivity contribution in [3.63, 3.8) is 0 Å². The van der Waals surface area contributed by atoms with Crippen LogP contribution in [-0.4, -0.2) is 16.2 Å². The van der Waals surface area contributed by atoms with Gasteiger partial charge in [0.2, 0.25) is 5.13 Å². The third-order valence-electron chi connectivity index (χ3n) is 1.73. The molecule has 0 aliphatic rings. The van der Waals surface area contributed by atoms with E-state index in [-0.39, 0.29) is 0 Å². The number of hydrogen-bond acceptors (Lipinski definition) is 4. The first kappa shape index (κ1) is 11.0. The molecule has 2 aromatic rings. The standard InChI is InChI=1S/C9H7BrN4OS/c10-6-3-1-2-5(4-6)7-13-14-9(16-7)12-8(11)15/h1-4H,(H3,11,12,14,15). The zero-order chi connectivity index (χ0) is 11.5. The number of carbonyl (C=O) groups excluding carboxylic acids is 1. The van der Waals surface area contributed by atoms with Crippen molar-refractivity contribution in [2.75, 3.05) is 5.32 Å². The smallest absolute Gasteiger partial charge is 0.318 e. The number of rotatable bonds is 2. The summed E-state index contributed by atoms with van der Waals surface area (Å²) in [6.07, 6.45) is 0. The average molecular weight is 299 g/mol. The molecule has 0 radical (unpaired) electrons. The summed E-state index contributed by atoms with van der Waals surface area (Å²) in [5.41, 5.74) is 5.91. The fourth-order valence-corrected chi connectivity index (χ4v) is 2.26. The number of benzene rings is 1. The maximum atomic E-state index is 10.6. The summed E-state index contributed by atoms with van der Waals surface area (Å²) < 4.78 is 0.963. The first-order valence-corrected chi connectivity index (χ1v) is 5.92. The lowest BCUT2D eigenvalue weighted by molar-refractivity contribution is 0.259. The second-order valence-corrected chi connectivity index (χ2v) is 4.81. The van der Waals surface area contributed by atoms with Crippen molar-refractivity contribution < 1.29 is 4.79 Å². The quantitative estimate of drug-likeness (QED) is 0.893. The SMILES string of the molecule is NC(=O)Nc1nnc(-c2cccc(Br)c2)s1. The van der Waals surface area contributed by atoms with Crippen molar-refractivity contribution in [2.45, 2.75) is 0 Å². The van der Waals surface area contributed by atoms with Gasteiger partial charge in [-0.25, -0.2) is 4.79 Å². The minimum absolute atomic E-state index is 0.391. The number of carbonyl (C=O) groups is 1. The van der Waals surface area contributed by atoms with Gasteiger partial charge in [0.25, 0.3) is 0 Å². The molecular weight excluding hydrogens is 292 g/mol. The van der Waals surface area contributed by atoms with E-state index in [1.165, 1.54) is 11.3 Å². The number of primary amides is 1. The molecule has 0 aliphatic heterocycles. The van der Waals surface area contributed by atoms with Crippen LogP contribution in [0.1, 0.15) is 0 Å². The Hall–Kier alpha value is -1.47. The summed E-state index contributed by atoms with van der Waals surface area (Å²) in [6, 6.07) is 7.03. The van der Waals surface area contributed by atoms with E-state index in [1.54, 1.807) is 0 Å². The topological polar surface area (TPSA) is 80.9 Å². The number of anilines is 1. The number of urea groups is 1. The van der Waals surface area contributed by atoms with E-state index in [1.807, 2.05) is 24.3 Å². The van der Waals surface area contributed by atoms with Crippen LogP contribution >= 0.6 is 27.3 Å². The first-order valence-electron chi connectivity index (χ1n) is 4.31. The molecule has 82 valence electrons. The van der Waals surface area contributed by atoms with Gasteiger partial charge in [0.05, 0.1) is 0 Å². The van der Waals surface area contributed by atoms with Crippen molar-refractivity contribution in [1.29, 1.82) is 0 Å². The molecule has 16 heavy (non-hydrogen) atoms. The van der Waals surface area contributed by atoms with E-state index < -0.39 is 6.03 Å². The first-order chi connectivity index (χ1) is 7.65. The molecule has 0 fully saturated rings. The number of amides is 2. The maximum Gasteiger partial charge on any atom is 0.318 e. The van der Waals surface area contributed by atoms with Crippen molar-refractivity contribution in [3.05, 3.63) is 28.7 Å². The third-order valence-corrected chi connectivity index (χ3v) is 3.11. The molecule has 2 rings (SSSR count). The fraction of sp³-hybridized carbons (Fsp3) is 0. The lowest BCUT2D eigenvalue weighted by atomic mass is 10.2. The van der Waals surface area contributed by atoms with Gasteiger partial charge in [0, 0.05) is 10.0 Å². The fourth-order valence-electron chi connectivity index (χ4n) is 1.12. The van der Waals surface area contributed by atoms with Crippen LogP contribution in [0.5, 0.6) is 0 Å². The van der Waals surface area contributed by atoms with Gasteiger partial charge in [-0.15, -0.1) is 10.2 Å². The molecule has 0 atom stereocenters. The number of aromatic nitrogens is 2. The number of halogens is 1. The summed E-state index contributed by atoms with van der Waals surface area (Å²) in [4.78, 5) is 10.6. The van der Waals surface area contributed by atoms with Crippen LogP contribution in [0.2, 0.25) is 0 Å². The Kier molecular flexibility index (Phi) is 3.16. The van der Waals surface area contributed by atoms with Gasteiger partial charge in [0.1, 0.15) is 5.01 Å². The molecule has 1 heterocycles. The van der Waals surface area contributed by atoms with E-state index in [2.05, 4.69) is 31.4 Å². The predicted octanol–water partition coefficient (Wildman–Crippen LogP) is 2.46. The summed E-state index contributed by atoms with van der Waals surface area (Å²) in [7, 11) is 0. The Balaban J connectivity index is 2.28. The Morgan fingerprint density at radius 3 is 2.94 bits per heavy atom. The van der Waals surface area contributed by atoms with Crippen molar-refractivity contribution in [1.82, 2.24) is 10.2 Å². The Morgan fingerprint density at radius 1 is 1.44 bits per heavy atom. The molecule has 0 bridgehead atoms. The minimum Gasteiger partial charge on any atom is -0.351 e. The van der Waals surface area contributed by atoms with Crippen LogP contribution < -0.4 is 11.1 Å². The van der Waals surface area contributed by atoms with Gasteiger partial charge in [-0.3, -0.25) is 5.32 Å². The largest absolute Gasteiger partial charge is 0.351 e. The summed E-state index contributed by atoms with van der Waals surface area (Å²) in [5.74, 6) is 0. The summed E-state index contributed by atoms with van der Waals surface area (Å²) in [6.45, 7) is 0. The van der Waals surface area contributed by atoms with Crippen molar-refractivity contribution in [3.8, 4) is 10.6 Å². The number of hydrogen-bond donors (Lipinski definition) is 2. The molecule has 5 nitrogen and oxygen atoms in total. The van der Waals surface area contributed by atoms with Crippen LogP contribution in [0.25, 0.3) is 10.6 Å². The highest BCUT2D eigenvalue weighted by Gasteiger charge is 2.07. The van der Waals surface area contributed by atoms with Gasteiger partial charge in [-0.2, -0.15) is 0 Å². The van der Waals surface area contributed by atoms with E-state index in [0.29, 0.717) is 5.13 Å². The molecule has 0 unspecified atom stereocenters. The van der Waals surface area contributed by atoms with Crippen LogP contribution in [0.4, 0.5) is 9.93 Å². The molecular formula is C9H7BrN4OS. The maximum absolute atomic E-state index is 10.6. The highest BCUT2D eigenvalue weighted by atomic mass is 79.9. The molecule has 0 spiro atoms. The molecule has 0 saturated heterocycles. The molecule has 3 N–H and O–H groups in total. The lowest BCUT2D eigenvalue weighted by Gasteiger charge is -1.95. The summed E-state index contributed by atoms with van der Waals surface area (Å²) in [5, 5.41) is 11.3. The van der Waals surface area contributed by atoms with Gasteiger partial charge in [-0.1, -0.05) is 39.4 Å². The number of nitrogens with two attached hydrogens (primary N) is 1. The zero-order valence-corrected chi connectivity index (χ0v) is 10.4. The van der Waals surface area contributed by atoms with Crippen LogP contribution in [0.15, 0.2) is 28.7 Å². The van der Waals surface area contributed by atoms with Crippen LogP contribution in [0.3, 0.4) is 0 Å². The summed E-state index contributed by atoms with van der Waals surface area (Å²) >= 11 is 4.64. The second kappa shape index (κ2) is 4.58. The van der Waals surface area contributed by atoms with Gasteiger partial charge in [-0.05, 0) is 12.1 Å². The van der Waals surface area contributed by atoms with Gasteiger partial charge < -0.3 is 5.73 Å². The highest BCUT2D eigenvalue weighted by Crippen LogP contribution is 2.27. The van der Waals surface area contributed by atoms with Crippen LogP contribution in [-0.2, 0) is 0 Å². The normalized spacial score (nSPS) is 10.1. The van der Waals surface area contributed by atoms with Gasteiger partial charge >= 0.3 is 6.03 Å². The Bertz CT molecular complexity index is 528. The second-order valence-electron chi connectivity index (χ2n) is 2.91. The molecule has 1 aromatic carbocycles. The number of nitrogens with zero attached hydrogens (tertiary/aromatic N) is 2. The molecule has 2 amide bonds. The lowest BCUT2D eigenvalue weighted by Crippen LogP contribution is -2.18. The third kappa shape index (κ3) is 2.56. The van der Waals surface area contributed by atoms with Crippen molar-refractivity contribution >= 4 is 38.4 Å². The highest BCUT2D eigenvalue weighted by molar-refractivity contribution is 9.10. The Labute approximate surface area is 104 Å². The molecule has 0 aliphatic carbocycles. The monoisotopic (exact) mass is 298 g/mol. The molecule has 1 aromatic heterocycles. The zero-order valence-electron chi connectivity index (χ0n) is 7.98. The Morgan fingerprint density at radius 2 is 2.25 bits per heavy atom. The molecule has 7 heteroatoms. The van der Waals surface area contributed by atoms with Gasteiger partial charge in [0.15, 0.2) is 0 Å². The van der Waals surface area contributed by atoms with E-state index in [4.69, 9.17) is 5.73 Å². The average Bonchev–Trinajstić information content (AvgIpc) is 2.65.